The third-order valence-electron chi connectivity index (χ3n) is 3.13. The smallest absolute Gasteiger partial charge is 0.262 e. The number of carbonyl (C=O) groups is 2. The monoisotopic (exact) mass is 376 g/mol. The molecular formula is C17H17BrN2O3. The van der Waals surface area contributed by atoms with Crippen molar-refractivity contribution in [2.24, 2.45) is 0 Å². The van der Waals surface area contributed by atoms with E-state index in [-0.39, 0.29) is 18.4 Å². The van der Waals surface area contributed by atoms with Crippen LogP contribution in [0.1, 0.15) is 15.9 Å². The Morgan fingerprint density at radius 2 is 1.96 bits per heavy atom. The van der Waals surface area contributed by atoms with Crippen LogP contribution in [0.15, 0.2) is 46.9 Å². The summed E-state index contributed by atoms with van der Waals surface area (Å²) in [4.78, 5) is 23.5. The van der Waals surface area contributed by atoms with Crippen molar-refractivity contribution in [2.75, 3.05) is 19.0 Å². The molecule has 6 heteroatoms. The number of ether oxygens (including phenoxy) is 1. The standard InChI is InChI=1S/C17H17BrN2O3/c1-11-8-14(6-7-15(11)18)23-10-16(21)20-13-5-3-4-12(9-13)17(22)19-2/h3-9H,10H2,1-2H3,(H,19,22)(H,20,21). The SMILES string of the molecule is CNC(=O)c1cccc(NC(=O)COc2ccc(Br)c(C)c2)c1. The number of aryl methyl sites for hydroxylation is 1. The lowest BCUT2D eigenvalue weighted by molar-refractivity contribution is -0.118. The first-order valence-corrected chi connectivity index (χ1v) is 7.80. The largest absolute Gasteiger partial charge is 0.484 e. The summed E-state index contributed by atoms with van der Waals surface area (Å²) in [5.74, 6) is 0.127. The van der Waals surface area contributed by atoms with Crippen LogP contribution in [0.2, 0.25) is 0 Å². The molecule has 0 heterocycles. The van der Waals surface area contributed by atoms with Gasteiger partial charge in [0.1, 0.15) is 5.75 Å². The maximum absolute atomic E-state index is 11.9. The van der Waals surface area contributed by atoms with E-state index in [0.717, 1.165) is 10.0 Å². The maximum atomic E-state index is 11.9. The number of carbonyl (C=O) groups excluding carboxylic acids is 2. The summed E-state index contributed by atoms with van der Waals surface area (Å²) >= 11 is 3.41. The fourth-order valence-electron chi connectivity index (χ4n) is 1.94. The molecule has 2 amide bonds. The molecule has 5 nitrogen and oxygen atoms in total. The molecule has 120 valence electrons. The van der Waals surface area contributed by atoms with E-state index in [9.17, 15) is 9.59 Å². The van der Waals surface area contributed by atoms with E-state index in [0.29, 0.717) is 17.0 Å². The molecule has 23 heavy (non-hydrogen) atoms. The highest BCUT2D eigenvalue weighted by atomic mass is 79.9. The quantitative estimate of drug-likeness (QED) is 0.842. The summed E-state index contributed by atoms with van der Waals surface area (Å²) in [5.41, 5.74) is 2.06. The number of rotatable bonds is 5. The number of anilines is 1. The molecule has 2 rings (SSSR count). The summed E-state index contributed by atoms with van der Waals surface area (Å²) in [7, 11) is 1.56. The van der Waals surface area contributed by atoms with Gasteiger partial charge >= 0.3 is 0 Å². The highest BCUT2D eigenvalue weighted by Gasteiger charge is 2.07. The number of nitrogens with one attached hydrogen (secondary N) is 2. The number of benzene rings is 2. The molecule has 0 aliphatic heterocycles. The van der Waals surface area contributed by atoms with Crippen molar-refractivity contribution in [3.63, 3.8) is 0 Å². The molecule has 0 saturated carbocycles. The Morgan fingerprint density at radius 3 is 2.65 bits per heavy atom. The van der Waals surface area contributed by atoms with Gasteiger partial charge in [0.05, 0.1) is 0 Å². The van der Waals surface area contributed by atoms with E-state index >= 15 is 0 Å². The predicted octanol–water partition coefficient (Wildman–Crippen LogP) is 3.13. The Bertz CT molecular complexity index is 732. The number of halogens is 1. The highest BCUT2D eigenvalue weighted by Crippen LogP contribution is 2.21. The van der Waals surface area contributed by atoms with Crippen LogP contribution in [-0.4, -0.2) is 25.5 Å². The summed E-state index contributed by atoms with van der Waals surface area (Å²) in [6.45, 7) is 1.84. The molecule has 0 bridgehead atoms. The first-order chi connectivity index (χ1) is 11.0. The molecule has 0 unspecified atom stereocenters. The zero-order valence-electron chi connectivity index (χ0n) is 12.9. The third kappa shape index (κ3) is 4.82. The molecule has 0 aliphatic carbocycles. The Morgan fingerprint density at radius 1 is 1.17 bits per heavy atom. The average Bonchev–Trinajstić information content (AvgIpc) is 2.55. The fourth-order valence-corrected chi connectivity index (χ4v) is 2.18. The molecule has 0 aromatic heterocycles. The van der Waals surface area contributed by atoms with E-state index in [2.05, 4.69) is 26.6 Å². The zero-order chi connectivity index (χ0) is 16.8. The van der Waals surface area contributed by atoms with Crippen molar-refractivity contribution >= 4 is 33.4 Å². The molecule has 0 aliphatic rings. The van der Waals surface area contributed by atoms with E-state index in [1.165, 1.54) is 0 Å². The second-order valence-electron chi connectivity index (χ2n) is 4.91. The van der Waals surface area contributed by atoms with Gasteiger partial charge in [-0.25, -0.2) is 0 Å². The van der Waals surface area contributed by atoms with Crippen molar-refractivity contribution in [1.82, 2.24) is 5.32 Å². The van der Waals surface area contributed by atoms with Crippen LogP contribution in [0.5, 0.6) is 5.75 Å². The van der Waals surface area contributed by atoms with E-state index in [1.807, 2.05) is 19.1 Å². The lowest BCUT2D eigenvalue weighted by Crippen LogP contribution is -2.21. The zero-order valence-corrected chi connectivity index (χ0v) is 14.4. The van der Waals surface area contributed by atoms with Crippen molar-refractivity contribution in [2.45, 2.75) is 6.92 Å². The van der Waals surface area contributed by atoms with E-state index < -0.39 is 0 Å². The van der Waals surface area contributed by atoms with Gasteiger partial charge in [0, 0.05) is 22.8 Å². The second kappa shape index (κ2) is 7.78. The second-order valence-corrected chi connectivity index (χ2v) is 5.76. The van der Waals surface area contributed by atoms with Crippen molar-refractivity contribution in [1.29, 1.82) is 0 Å². The van der Waals surface area contributed by atoms with Gasteiger partial charge in [-0.15, -0.1) is 0 Å². The van der Waals surface area contributed by atoms with Crippen LogP contribution in [-0.2, 0) is 4.79 Å². The minimum atomic E-state index is -0.292. The van der Waals surface area contributed by atoms with Crippen LogP contribution in [0, 0.1) is 6.92 Å². The summed E-state index contributed by atoms with van der Waals surface area (Å²) in [5, 5.41) is 5.24. The number of hydrogen-bond acceptors (Lipinski definition) is 3. The van der Waals surface area contributed by atoms with Crippen molar-refractivity contribution < 1.29 is 14.3 Å². The van der Waals surface area contributed by atoms with Crippen LogP contribution in [0.3, 0.4) is 0 Å². The van der Waals surface area contributed by atoms with Crippen molar-refractivity contribution in [3.05, 3.63) is 58.1 Å². The summed E-state index contributed by atoms with van der Waals surface area (Å²) < 4.78 is 6.45. The van der Waals surface area contributed by atoms with Crippen molar-refractivity contribution in [3.8, 4) is 5.75 Å². The predicted molar refractivity (Wildman–Crippen MR) is 92.8 cm³/mol. The molecule has 0 radical (unpaired) electrons. The molecule has 0 saturated heterocycles. The highest BCUT2D eigenvalue weighted by molar-refractivity contribution is 9.10. The number of hydrogen-bond donors (Lipinski definition) is 2. The number of amides is 2. The molecule has 2 aromatic rings. The topological polar surface area (TPSA) is 67.4 Å². The fraction of sp³-hybridized carbons (Fsp3) is 0.176. The molecule has 0 fully saturated rings. The minimum Gasteiger partial charge on any atom is -0.484 e. The first-order valence-electron chi connectivity index (χ1n) is 7.00. The van der Waals surface area contributed by atoms with Gasteiger partial charge < -0.3 is 15.4 Å². The Hall–Kier alpha value is -2.34. The van der Waals surface area contributed by atoms with Crippen LogP contribution in [0.25, 0.3) is 0 Å². The lowest BCUT2D eigenvalue weighted by Gasteiger charge is -2.09. The van der Waals surface area contributed by atoms with E-state index in [1.54, 1.807) is 37.4 Å². The molecule has 2 aromatic carbocycles. The van der Waals surface area contributed by atoms with Gasteiger partial charge in [-0.1, -0.05) is 22.0 Å². The first kappa shape index (κ1) is 17.0. The Kier molecular flexibility index (Phi) is 5.76. The average molecular weight is 377 g/mol. The third-order valence-corrected chi connectivity index (χ3v) is 4.02. The van der Waals surface area contributed by atoms with E-state index in [4.69, 9.17) is 4.74 Å². The minimum absolute atomic E-state index is 0.106. The molecule has 0 spiro atoms. The van der Waals surface area contributed by atoms with Gasteiger partial charge in [0.15, 0.2) is 6.61 Å². The van der Waals surface area contributed by atoms with Crippen LogP contribution in [0.4, 0.5) is 5.69 Å². The maximum Gasteiger partial charge on any atom is 0.262 e. The Balaban J connectivity index is 1.94. The molecule has 2 N–H and O–H groups in total. The van der Waals surface area contributed by atoms with Gasteiger partial charge in [-0.05, 0) is 48.9 Å². The summed E-state index contributed by atoms with van der Waals surface area (Å²) in [6.07, 6.45) is 0. The summed E-state index contributed by atoms with van der Waals surface area (Å²) in [6, 6.07) is 12.2. The van der Waals surface area contributed by atoms with Gasteiger partial charge in [-0.2, -0.15) is 0 Å². The van der Waals surface area contributed by atoms with Gasteiger partial charge in [0.2, 0.25) is 0 Å². The lowest BCUT2D eigenvalue weighted by atomic mass is 10.2. The van der Waals surface area contributed by atoms with Gasteiger partial charge in [0.25, 0.3) is 11.8 Å². The van der Waals surface area contributed by atoms with Gasteiger partial charge in [-0.3, -0.25) is 9.59 Å². The van der Waals surface area contributed by atoms with Crippen LogP contribution < -0.4 is 15.4 Å². The van der Waals surface area contributed by atoms with Crippen LogP contribution >= 0.6 is 15.9 Å². The molecular weight excluding hydrogens is 360 g/mol. The Labute approximate surface area is 143 Å². The normalized spacial score (nSPS) is 10.0. The molecule has 0 atom stereocenters.